The van der Waals surface area contributed by atoms with Crippen molar-refractivity contribution in [2.45, 2.75) is 40.0 Å². The fourth-order valence-corrected chi connectivity index (χ4v) is 4.39. The standard InChI is InChI=1S/C21H29N5O2/c1-21(2,3)14-7-10-25(11-8-14)15-5-6-16-17(13-15)24(4)23-19(16)26-12-9-18(27)22-20(26)28/h5-6,13-14H,7-12H2,1-4H3,(H,22,27,28). The van der Waals surface area contributed by atoms with E-state index in [1.165, 1.54) is 18.5 Å². The number of fused-ring (bicyclic) bond motifs is 1. The lowest BCUT2D eigenvalue weighted by molar-refractivity contribution is -0.120. The highest BCUT2D eigenvalue weighted by Gasteiger charge is 2.30. The van der Waals surface area contributed by atoms with Crippen molar-refractivity contribution < 1.29 is 9.59 Å². The molecule has 1 N–H and O–H groups in total. The average Bonchev–Trinajstić information content (AvgIpc) is 2.97. The zero-order chi connectivity index (χ0) is 20.1. The zero-order valence-corrected chi connectivity index (χ0v) is 17.2. The van der Waals surface area contributed by atoms with E-state index in [9.17, 15) is 9.59 Å². The van der Waals surface area contributed by atoms with Crippen LogP contribution in [0.25, 0.3) is 10.9 Å². The highest BCUT2D eigenvalue weighted by Crippen LogP contribution is 2.37. The van der Waals surface area contributed by atoms with Crippen molar-refractivity contribution in [2.24, 2.45) is 18.4 Å². The molecule has 7 heteroatoms. The van der Waals surface area contributed by atoms with Crippen LogP contribution in [0.1, 0.15) is 40.0 Å². The summed E-state index contributed by atoms with van der Waals surface area (Å²) < 4.78 is 1.82. The number of urea groups is 1. The van der Waals surface area contributed by atoms with Crippen LogP contribution in [0.5, 0.6) is 0 Å². The van der Waals surface area contributed by atoms with E-state index in [0.717, 1.165) is 29.9 Å². The Balaban J connectivity index is 1.58. The highest BCUT2D eigenvalue weighted by molar-refractivity contribution is 6.09. The lowest BCUT2D eigenvalue weighted by atomic mass is 9.75. The molecule has 2 aliphatic heterocycles. The third kappa shape index (κ3) is 3.34. The number of piperidine rings is 1. The molecule has 2 fully saturated rings. The number of hydrogen-bond donors (Lipinski definition) is 1. The number of imide groups is 1. The SMILES string of the molecule is Cn1nc(N2CCC(=O)NC2=O)c2ccc(N3CCC(C(C)(C)C)CC3)cc21. The second-order valence-electron chi connectivity index (χ2n) is 9.03. The van der Waals surface area contributed by atoms with Gasteiger partial charge in [-0.25, -0.2) is 4.79 Å². The molecule has 28 heavy (non-hydrogen) atoms. The number of benzene rings is 1. The van der Waals surface area contributed by atoms with Gasteiger partial charge in [0.1, 0.15) is 0 Å². The number of nitrogens with one attached hydrogen (secondary N) is 1. The summed E-state index contributed by atoms with van der Waals surface area (Å²) in [6.45, 7) is 9.49. The normalized spacial score (nSPS) is 19.4. The molecule has 2 saturated heterocycles. The second-order valence-corrected chi connectivity index (χ2v) is 9.03. The van der Waals surface area contributed by atoms with E-state index in [0.29, 0.717) is 24.2 Å². The summed E-state index contributed by atoms with van der Waals surface area (Å²) >= 11 is 0. The van der Waals surface area contributed by atoms with Crippen molar-refractivity contribution in [1.29, 1.82) is 0 Å². The van der Waals surface area contributed by atoms with Crippen LogP contribution < -0.4 is 15.1 Å². The minimum Gasteiger partial charge on any atom is -0.371 e. The van der Waals surface area contributed by atoms with Gasteiger partial charge in [-0.2, -0.15) is 5.10 Å². The van der Waals surface area contributed by atoms with Crippen LogP contribution in [-0.4, -0.2) is 41.4 Å². The Labute approximate surface area is 165 Å². The van der Waals surface area contributed by atoms with Crippen molar-refractivity contribution in [1.82, 2.24) is 15.1 Å². The van der Waals surface area contributed by atoms with E-state index in [1.54, 1.807) is 4.90 Å². The topological polar surface area (TPSA) is 70.5 Å². The van der Waals surface area contributed by atoms with Gasteiger partial charge in [-0.3, -0.25) is 19.7 Å². The summed E-state index contributed by atoms with van der Waals surface area (Å²) in [7, 11) is 1.90. The summed E-state index contributed by atoms with van der Waals surface area (Å²) in [6, 6.07) is 5.94. The van der Waals surface area contributed by atoms with Gasteiger partial charge in [0.05, 0.1) is 5.52 Å². The molecule has 1 aromatic heterocycles. The Kier molecular flexibility index (Phi) is 4.56. The molecule has 4 rings (SSSR count). The molecule has 0 saturated carbocycles. The Bertz CT molecular complexity index is 919. The molecule has 150 valence electrons. The van der Waals surface area contributed by atoms with E-state index in [-0.39, 0.29) is 5.91 Å². The van der Waals surface area contributed by atoms with Crippen LogP contribution in [0.3, 0.4) is 0 Å². The predicted octanol–water partition coefficient (Wildman–Crippen LogP) is 3.28. The molecule has 0 atom stereocenters. The van der Waals surface area contributed by atoms with Crippen molar-refractivity contribution in [3.05, 3.63) is 18.2 Å². The number of aromatic nitrogens is 2. The van der Waals surface area contributed by atoms with Crippen molar-refractivity contribution in [2.75, 3.05) is 29.4 Å². The monoisotopic (exact) mass is 383 g/mol. The molecule has 3 amide bonds. The van der Waals surface area contributed by atoms with Crippen molar-refractivity contribution >= 4 is 34.3 Å². The van der Waals surface area contributed by atoms with Gasteiger partial charge in [0.15, 0.2) is 5.82 Å². The molecule has 0 radical (unpaired) electrons. The summed E-state index contributed by atoms with van der Waals surface area (Å²) in [4.78, 5) is 27.7. The molecule has 3 heterocycles. The number of carbonyl (C=O) groups is 2. The van der Waals surface area contributed by atoms with Crippen LogP contribution in [0, 0.1) is 11.3 Å². The molecule has 0 spiro atoms. The lowest BCUT2D eigenvalue weighted by Crippen LogP contribution is -2.49. The Morgan fingerprint density at radius 2 is 1.82 bits per heavy atom. The van der Waals surface area contributed by atoms with Gasteiger partial charge in [0.2, 0.25) is 5.91 Å². The summed E-state index contributed by atoms with van der Waals surface area (Å²) in [5.41, 5.74) is 2.56. The van der Waals surface area contributed by atoms with Crippen molar-refractivity contribution in [3.63, 3.8) is 0 Å². The molecule has 0 aliphatic carbocycles. The first-order valence-corrected chi connectivity index (χ1v) is 10.1. The third-order valence-corrected chi connectivity index (χ3v) is 6.21. The van der Waals surface area contributed by atoms with Gasteiger partial charge < -0.3 is 4.90 Å². The van der Waals surface area contributed by atoms with Crippen LogP contribution in [-0.2, 0) is 11.8 Å². The fourth-order valence-electron chi connectivity index (χ4n) is 4.39. The van der Waals surface area contributed by atoms with Gasteiger partial charge in [0, 0.05) is 44.2 Å². The van der Waals surface area contributed by atoms with Gasteiger partial charge in [-0.15, -0.1) is 0 Å². The van der Waals surface area contributed by atoms with E-state index < -0.39 is 6.03 Å². The minimum atomic E-state index is -0.399. The van der Waals surface area contributed by atoms with Crippen molar-refractivity contribution in [3.8, 4) is 0 Å². The Hall–Kier alpha value is -2.57. The van der Waals surface area contributed by atoms with Gasteiger partial charge in [-0.1, -0.05) is 20.8 Å². The molecule has 7 nitrogen and oxygen atoms in total. The quantitative estimate of drug-likeness (QED) is 0.864. The van der Waals surface area contributed by atoms with Gasteiger partial charge >= 0.3 is 6.03 Å². The zero-order valence-electron chi connectivity index (χ0n) is 17.2. The molecular weight excluding hydrogens is 354 g/mol. The highest BCUT2D eigenvalue weighted by atomic mass is 16.2. The maximum atomic E-state index is 12.2. The first-order chi connectivity index (χ1) is 13.2. The molecule has 1 aromatic carbocycles. The maximum Gasteiger partial charge on any atom is 0.329 e. The van der Waals surface area contributed by atoms with Crippen LogP contribution in [0.2, 0.25) is 0 Å². The van der Waals surface area contributed by atoms with E-state index >= 15 is 0 Å². The van der Waals surface area contributed by atoms with Crippen LogP contribution in [0.4, 0.5) is 16.3 Å². The first-order valence-electron chi connectivity index (χ1n) is 10.1. The van der Waals surface area contributed by atoms with Crippen LogP contribution in [0.15, 0.2) is 18.2 Å². The fraction of sp³-hybridized carbons (Fsp3) is 0.571. The maximum absolute atomic E-state index is 12.2. The summed E-state index contributed by atoms with van der Waals surface area (Å²) in [6.07, 6.45) is 2.71. The van der Waals surface area contributed by atoms with Crippen LogP contribution >= 0.6 is 0 Å². The first kappa shape index (κ1) is 18.8. The number of carbonyl (C=O) groups excluding carboxylic acids is 2. The number of aryl methyl sites for hydroxylation is 1. The predicted molar refractivity (Wildman–Crippen MR) is 111 cm³/mol. The Morgan fingerprint density at radius 1 is 1.11 bits per heavy atom. The lowest BCUT2D eigenvalue weighted by Gasteiger charge is -2.39. The summed E-state index contributed by atoms with van der Waals surface area (Å²) in [5.74, 6) is 1.14. The molecule has 2 aliphatic rings. The van der Waals surface area contributed by atoms with E-state index in [4.69, 9.17) is 0 Å². The van der Waals surface area contributed by atoms with Gasteiger partial charge in [0.25, 0.3) is 0 Å². The molecular formula is C21H29N5O2. The minimum absolute atomic E-state index is 0.234. The smallest absolute Gasteiger partial charge is 0.329 e. The summed E-state index contributed by atoms with van der Waals surface area (Å²) in [5, 5.41) is 7.87. The third-order valence-electron chi connectivity index (χ3n) is 6.21. The van der Waals surface area contributed by atoms with E-state index in [1.807, 2.05) is 17.8 Å². The second kappa shape index (κ2) is 6.79. The number of nitrogens with zero attached hydrogens (tertiary/aromatic N) is 4. The number of hydrogen-bond acceptors (Lipinski definition) is 4. The Morgan fingerprint density at radius 3 is 2.46 bits per heavy atom. The number of anilines is 2. The molecule has 0 bridgehead atoms. The van der Waals surface area contributed by atoms with E-state index in [2.05, 4.69) is 48.2 Å². The number of rotatable bonds is 2. The van der Waals surface area contributed by atoms with Gasteiger partial charge in [-0.05, 0) is 42.4 Å². The molecule has 2 aromatic rings. The number of amides is 3. The largest absolute Gasteiger partial charge is 0.371 e. The molecule has 0 unspecified atom stereocenters. The average molecular weight is 383 g/mol.